The van der Waals surface area contributed by atoms with Crippen LogP contribution in [0, 0.1) is 16.4 Å². The Morgan fingerprint density at radius 1 is 1.19 bits per heavy atom. The molecular formula is C14H9ClF2N2OS. The van der Waals surface area contributed by atoms with Gasteiger partial charge in [-0.2, -0.15) is 0 Å². The number of aromatic nitrogens is 2. The molecule has 0 aliphatic rings. The summed E-state index contributed by atoms with van der Waals surface area (Å²) in [5.41, 5.74) is 1.54. The molecule has 21 heavy (non-hydrogen) atoms. The molecule has 0 unspecified atom stereocenters. The lowest BCUT2D eigenvalue weighted by Crippen LogP contribution is -1.96. The van der Waals surface area contributed by atoms with Crippen molar-refractivity contribution in [2.24, 2.45) is 0 Å². The number of nitrogens with one attached hydrogen (secondary N) is 1. The fourth-order valence-electron chi connectivity index (χ4n) is 2.15. The van der Waals surface area contributed by atoms with E-state index in [0.717, 1.165) is 0 Å². The van der Waals surface area contributed by atoms with Crippen LogP contribution in [0.15, 0.2) is 30.3 Å². The predicted octanol–water partition coefficient (Wildman–Crippen LogP) is 4.63. The van der Waals surface area contributed by atoms with Gasteiger partial charge in [0, 0.05) is 12.1 Å². The van der Waals surface area contributed by atoms with E-state index in [9.17, 15) is 8.78 Å². The molecule has 0 bridgehead atoms. The van der Waals surface area contributed by atoms with Gasteiger partial charge in [0.2, 0.25) is 0 Å². The number of fused-ring (bicyclic) bond motifs is 1. The fraction of sp³-hybridized carbons (Fsp3) is 0.0714. The molecule has 7 heteroatoms. The molecule has 0 atom stereocenters. The highest BCUT2D eigenvalue weighted by Crippen LogP contribution is 2.27. The summed E-state index contributed by atoms with van der Waals surface area (Å²) in [4.78, 5) is 2.87. The van der Waals surface area contributed by atoms with Crippen molar-refractivity contribution in [1.29, 1.82) is 0 Å². The monoisotopic (exact) mass is 326 g/mol. The van der Waals surface area contributed by atoms with Gasteiger partial charge in [0.25, 0.3) is 0 Å². The van der Waals surface area contributed by atoms with E-state index in [1.807, 2.05) is 0 Å². The maximum absolute atomic E-state index is 13.8. The second-order valence-electron chi connectivity index (χ2n) is 4.37. The quantitative estimate of drug-likeness (QED) is 0.696. The lowest BCUT2D eigenvalue weighted by atomic mass is 10.2. The lowest BCUT2D eigenvalue weighted by Gasteiger charge is -2.07. The number of imidazole rings is 1. The van der Waals surface area contributed by atoms with Gasteiger partial charge in [0.05, 0.1) is 28.9 Å². The van der Waals surface area contributed by atoms with E-state index in [4.69, 9.17) is 28.6 Å². The molecule has 0 amide bonds. The number of ether oxygens (including phenoxy) is 1. The first-order valence-electron chi connectivity index (χ1n) is 5.95. The number of benzene rings is 2. The van der Waals surface area contributed by atoms with Crippen LogP contribution in [0.3, 0.4) is 0 Å². The molecule has 0 aliphatic heterocycles. The van der Waals surface area contributed by atoms with Gasteiger partial charge in [-0.05, 0) is 30.4 Å². The number of H-pyrrole nitrogens is 1. The fourth-order valence-corrected chi connectivity index (χ4v) is 2.62. The van der Waals surface area contributed by atoms with Crippen LogP contribution in [0.25, 0.3) is 16.7 Å². The molecule has 0 saturated heterocycles. The van der Waals surface area contributed by atoms with Crippen LogP contribution in [0.4, 0.5) is 8.78 Å². The standard InChI is InChI=1S/C14H9ClF2N2OS/c1-20-13-3-2-7(4-10(13)17)19-12-5-8(15)9(16)6-11(12)18-14(19)21/h2-6H,1H3,(H,18,21). The molecule has 1 N–H and O–H groups in total. The summed E-state index contributed by atoms with van der Waals surface area (Å²) >= 11 is 11.0. The minimum absolute atomic E-state index is 0.0285. The second kappa shape index (κ2) is 5.13. The summed E-state index contributed by atoms with van der Waals surface area (Å²) in [6, 6.07) is 7.14. The molecule has 2 aromatic carbocycles. The Hall–Kier alpha value is -1.92. The first kappa shape index (κ1) is 14.0. The summed E-state index contributed by atoms with van der Waals surface area (Å²) < 4.78 is 34.1. The van der Waals surface area contributed by atoms with E-state index in [2.05, 4.69) is 4.98 Å². The van der Waals surface area contributed by atoms with Gasteiger partial charge in [0.1, 0.15) is 5.82 Å². The summed E-state index contributed by atoms with van der Waals surface area (Å²) in [6.07, 6.45) is 0. The average molecular weight is 327 g/mol. The minimum Gasteiger partial charge on any atom is -0.494 e. The molecule has 0 fully saturated rings. The lowest BCUT2D eigenvalue weighted by molar-refractivity contribution is 0.386. The van der Waals surface area contributed by atoms with E-state index in [0.29, 0.717) is 21.5 Å². The van der Waals surface area contributed by atoms with Crippen LogP contribution in [-0.2, 0) is 0 Å². The van der Waals surface area contributed by atoms with Gasteiger partial charge < -0.3 is 9.72 Å². The molecule has 0 radical (unpaired) electrons. The number of aromatic amines is 1. The van der Waals surface area contributed by atoms with Crippen molar-refractivity contribution >= 4 is 34.9 Å². The predicted molar refractivity (Wildman–Crippen MR) is 79.9 cm³/mol. The van der Waals surface area contributed by atoms with Gasteiger partial charge in [0.15, 0.2) is 16.3 Å². The highest BCUT2D eigenvalue weighted by molar-refractivity contribution is 7.71. The van der Waals surface area contributed by atoms with Crippen molar-refractivity contribution in [3.8, 4) is 11.4 Å². The SMILES string of the molecule is COc1ccc(-n2c(=S)[nH]c3cc(F)c(Cl)cc32)cc1F. The van der Waals surface area contributed by atoms with Crippen LogP contribution in [0.2, 0.25) is 5.02 Å². The molecule has 3 nitrogen and oxygen atoms in total. The summed E-state index contributed by atoms with van der Waals surface area (Å²) in [5, 5.41) is -0.0285. The zero-order valence-electron chi connectivity index (χ0n) is 10.8. The number of hydrogen-bond donors (Lipinski definition) is 1. The summed E-state index contributed by atoms with van der Waals surface area (Å²) in [7, 11) is 1.39. The molecule has 3 rings (SSSR count). The molecular weight excluding hydrogens is 318 g/mol. The zero-order chi connectivity index (χ0) is 15.1. The van der Waals surface area contributed by atoms with Crippen LogP contribution in [0.5, 0.6) is 5.75 Å². The van der Waals surface area contributed by atoms with E-state index in [-0.39, 0.29) is 10.8 Å². The van der Waals surface area contributed by atoms with Crippen molar-refractivity contribution in [1.82, 2.24) is 9.55 Å². The van der Waals surface area contributed by atoms with Crippen molar-refractivity contribution in [3.05, 3.63) is 51.8 Å². The third-order valence-corrected chi connectivity index (χ3v) is 3.69. The summed E-state index contributed by atoms with van der Waals surface area (Å²) in [6.45, 7) is 0. The molecule has 1 aromatic heterocycles. The largest absolute Gasteiger partial charge is 0.494 e. The maximum Gasteiger partial charge on any atom is 0.182 e. The highest BCUT2D eigenvalue weighted by Gasteiger charge is 2.12. The van der Waals surface area contributed by atoms with E-state index in [1.165, 1.54) is 31.4 Å². The maximum atomic E-state index is 13.8. The molecule has 0 saturated carbocycles. The topological polar surface area (TPSA) is 29.9 Å². The molecule has 3 aromatic rings. The van der Waals surface area contributed by atoms with Crippen LogP contribution in [0.1, 0.15) is 0 Å². The van der Waals surface area contributed by atoms with Crippen molar-refractivity contribution in [2.45, 2.75) is 0 Å². The Balaban J connectivity index is 2.29. The number of halogens is 3. The van der Waals surface area contributed by atoms with Crippen molar-refractivity contribution < 1.29 is 13.5 Å². The minimum atomic E-state index is -0.548. The summed E-state index contributed by atoms with van der Waals surface area (Å²) in [5.74, 6) is -0.929. The van der Waals surface area contributed by atoms with Crippen LogP contribution in [-0.4, -0.2) is 16.7 Å². The molecule has 1 heterocycles. The first-order valence-corrected chi connectivity index (χ1v) is 6.73. The Morgan fingerprint density at radius 2 is 1.95 bits per heavy atom. The van der Waals surface area contributed by atoms with E-state index in [1.54, 1.807) is 10.6 Å². The normalized spacial score (nSPS) is 11.0. The Morgan fingerprint density at radius 3 is 2.62 bits per heavy atom. The first-order chi connectivity index (χ1) is 10.0. The Bertz CT molecular complexity index is 904. The molecule has 0 spiro atoms. The van der Waals surface area contributed by atoms with E-state index < -0.39 is 11.6 Å². The smallest absolute Gasteiger partial charge is 0.182 e. The molecule has 0 aliphatic carbocycles. The second-order valence-corrected chi connectivity index (χ2v) is 5.16. The third-order valence-electron chi connectivity index (χ3n) is 3.12. The highest BCUT2D eigenvalue weighted by atomic mass is 35.5. The molecule has 108 valence electrons. The van der Waals surface area contributed by atoms with Gasteiger partial charge in [-0.15, -0.1) is 0 Å². The van der Waals surface area contributed by atoms with Gasteiger partial charge in [-0.25, -0.2) is 8.78 Å². The number of hydrogen-bond acceptors (Lipinski definition) is 2. The van der Waals surface area contributed by atoms with Crippen LogP contribution < -0.4 is 4.74 Å². The average Bonchev–Trinajstić information content (AvgIpc) is 2.74. The Labute approximate surface area is 128 Å². The van der Waals surface area contributed by atoms with Crippen molar-refractivity contribution in [3.63, 3.8) is 0 Å². The Kier molecular flexibility index (Phi) is 3.43. The number of nitrogens with zero attached hydrogens (tertiary/aromatic N) is 1. The zero-order valence-corrected chi connectivity index (χ0v) is 12.4. The number of rotatable bonds is 2. The van der Waals surface area contributed by atoms with Gasteiger partial charge >= 0.3 is 0 Å². The van der Waals surface area contributed by atoms with Gasteiger partial charge in [-0.3, -0.25) is 4.57 Å². The van der Waals surface area contributed by atoms with Gasteiger partial charge in [-0.1, -0.05) is 11.6 Å². The van der Waals surface area contributed by atoms with Crippen molar-refractivity contribution in [2.75, 3.05) is 7.11 Å². The van der Waals surface area contributed by atoms with E-state index >= 15 is 0 Å². The number of methoxy groups -OCH3 is 1. The van der Waals surface area contributed by atoms with Crippen LogP contribution >= 0.6 is 23.8 Å². The third kappa shape index (κ3) is 2.30.